The maximum absolute atomic E-state index is 13.7. The van der Waals surface area contributed by atoms with E-state index in [1.807, 2.05) is 51.1 Å². The Labute approximate surface area is 240 Å². The molecule has 1 saturated heterocycles. The van der Waals surface area contributed by atoms with Crippen LogP contribution in [-0.4, -0.2) is 58.4 Å². The number of hydrogen-bond donors (Lipinski definition) is 0. The van der Waals surface area contributed by atoms with Gasteiger partial charge in [-0.3, -0.25) is 0 Å². The van der Waals surface area contributed by atoms with Crippen LogP contribution < -0.4 is 14.8 Å². The first kappa shape index (κ1) is 29.3. The summed E-state index contributed by atoms with van der Waals surface area (Å²) in [5.74, 6) is -0.163. The van der Waals surface area contributed by atoms with E-state index in [2.05, 4.69) is 81.4 Å². The number of nitrogens with zero attached hydrogens (tertiary/aromatic N) is 1. The van der Waals surface area contributed by atoms with Gasteiger partial charge in [0.25, 0.3) is 0 Å². The van der Waals surface area contributed by atoms with Crippen LogP contribution in [0.4, 0.5) is 4.79 Å². The summed E-state index contributed by atoms with van der Waals surface area (Å²) in [7, 11) is -2.83. The van der Waals surface area contributed by atoms with Gasteiger partial charge in [0.2, 0.25) is 0 Å². The summed E-state index contributed by atoms with van der Waals surface area (Å²) < 4.78 is 14.0. The third-order valence-electron chi connectivity index (χ3n) is 6.88. The van der Waals surface area contributed by atoms with Gasteiger partial charge in [-0.2, -0.15) is 0 Å². The molecule has 1 heterocycles. The molecule has 4 rings (SSSR count). The molecular formula is C32H39NO4SeSi. The molecule has 206 valence electrons. The Morgan fingerprint density at radius 3 is 1.79 bits per heavy atom. The molecule has 0 spiro atoms. The second-order valence-electron chi connectivity index (χ2n) is 12.0. The molecule has 0 N–H and O–H groups in total. The summed E-state index contributed by atoms with van der Waals surface area (Å²) in [6, 6.07) is 30.5. The van der Waals surface area contributed by atoms with Gasteiger partial charge in [-0.15, -0.1) is 0 Å². The Morgan fingerprint density at radius 2 is 1.33 bits per heavy atom. The molecule has 5 nitrogen and oxygen atoms in total. The van der Waals surface area contributed by atoms with Gasteiger partial charge in [0.15, 0.2) is 0 Å². The van der Waals surface area contributed by atoms with Crippen LogP contribution in [0, 0.1) is 0 Å². The van der Waals surface area contributed by atoms with E-state index in [1.54, 1.807) is 0 Å². The predicted molar refractivity (Wildman–Crippen MR) is 161 cm³/mol. The van der Waals surface area contributed by atoms with E-state index in [-0.39, 0.29) is 37.3 Å². The van der Waals surface area contributed by atoms with Crippen molar-refractivity contribution in [2.75, 3.05) is 6.61 Å². The first-order chi connectivity index (χ1) is 18.4. The fourth-order valence-corrected chi connectivity index (χ4v) is 12.3. The second kappa shape index (κ2) is 11.8. The minimum absolute atomic E-state index is 0.106. The zero-order valence-corrected chi connectivity index (χ0v) is 26.4. The number of carbonyl (C=O) groups is 2. The third kappa shape index (κ3) is 6.55. The normalized spacial score (nSPS) is 18.3. The van der Waals surface area contributed by atoms with Crippen LogP contribution in [0.5, 0.6) is 0 Å². The number of rotatable bonds is 7. The molecule has 1 unspecified atom stereocenters. The Morgan fingerprint density at radius 1 is 0.846 bits per heavy atom. The fraction of sp³-hybridized carbons (Fsp3) is 0.375. The van der Waals surface area contributed by atoms with Crippen molar-refractivity contribution in [3.63, 3.8) is 0 Å². The average molecular weight is 609 g/mol. The Kier molecular flexibility index (Phi) is 8.87. The molecule has 39 heavy (non-hydrogen) atoms. The van der Waals surface area contributed by atoms with Crippen molar-refractivity contribution in [2.24, 2.45) is 0 Å². The molecule has 1 fully saturated rings. The molecule has 2 atom stereocenters. The van der Waals surface area contributed by atoms with Gasteiger partial charge < -0.3 is 0 Å². The maximum atomic E-state index is 13.7. The van der Waals surface area contributed by atoms with E-state index in [1.165, 1.54) is 15.3 Å². The van der Waals surface area contributed by atoms with Crippen molar-refractivity contribution in [3.05, 3.63) is 91.0 Å². The molecule has 0 saturated carbocycles. The number of hydrogen-bond acceptors (Lipinski definition) is 4. The molecule has 0 bridgehead atoms. The van der Waals surface area contributed by atoms with E-state index in [0.717, 1.165) is 4.46 Å². The van der Waals surface area contributed by atoms with Crippen LogP contribution in [-0.2, 0) is 14.0 Å². The fourth-order valence-electron chi connectivity index (χ4n) is 5.23. The summed E-state index contributed by atoms with van der Waals surface area (Å²) in [6.45, 7) is 12.4. The predicted octanol–water partition coefficient (Wildman–Crippen LogP) is 4.92. The Hall–Kier alpha value is -2.70. The molecule has 1 aliphatic rings. The van der Waals surface area contributed by atoms with Gasteiger partial charge >= 0.3 is 241 Å². The number of carbonyl (C=O) groups excluding carboxylic acids is 2. The van der Waals surface area contributed by atoms with E-state index in [9.17, 15) is 9.59 Å². The number of ether oxygens (including phenoxy) is 1. The van der Waals surface area contributed by atoms with Crippen LogP contribution >= 0.6 is 0 Å². The van der Waals surface area contributed by atoms with Crippen molar-refractivity contribution < 1.29 is 18.8 Å². The van der Waals surface area contributed by atoms with E-state index < -0.39 is 26.1 Å². The van der Waals surface area contributed by atoms with Crippen LogP contribution in [0.3, 0.4) is 0 Å². The van der Waals surface area contributed by atoms with Gasteiger partial charge in [-0.25, -0.2) is 0 Å². The van der Waals surface area contributed by atoms with Gasteiger partial charge in [0.05, 0.1) is 0 Å². The van der Waals surface area contributed by atoms with Crippen LogP contribution in [0.2, 0.25) is 9.85 Å². The van der Waals surface area contributed by atoms with Crippen LogP contribution in [0.1, 0.15) is 48.0 Å². The van der Waals surface area contributed by atoms with Crippen LogP contribution in [0.25, 0.3) is 0 Å². The first-order valence-electron chi connectivity index (χ1n) is 13.5. The third-order valence-corrected chi connectivity index (χ3v) is 14.5. The summed E-state index contributed by atoms with van der Waals surface area (Å²) in [6.07, 6.45) is -0.0274. The topological polar surface area (TPSA) is 55.8 Å². The minimum atomic E-state index is -2.83. The van der Waals surface area contributed by atoms with Gasteiger partial charge in [-0.1, -0.05) is 0 Å². The number of benzene rings is 3. The van der Waals surface area contributed by atoms with Gasteiger partial charge in [0.1, 0.15) is 0 Å². The SMILES string of the molecule is CC(C)(C)OC(=O)N1C(=O)C([Se]c2ccccc2)C[C@@H]1CO[Si](c1ccccc1)(c1ccccc1)C(C)(C)C. The summed E-state index contributed by atoms with van der Waals surface area (Å²) in [5, 5.41) is 2.13. The van der Waals surface area contributed by atoms with E-state index >= 15 is 0 Å². The zero-order chi connectivity index (χ0) is 28.3. The monoisotopic (exact) mass is 609 g/mol. The standard InChI is InChI=1S/C32H39NO4SeSi/c1-31(2,3)37-30(35)33-24(22-28(29(33)34)38-25-16-10-7-11-17-25)23-36-39(32(4,5)6,26-18-12-8-13-19-26)27-20-14-9-15-21-27/h7-21,24,28H,22-23H2,1-6H3/t24-,28?/m1/s1. The van der Waals surface area contributed by atoms with E-state index in [4.69, 9.17) is 9.16 Å². The summed E-state index contributed by atoms with van der Waals surface area (Å²) >= 11 is -0.106. The number of amides is 2. The van der Waals surface area contributed by atoms with Crippen LogP contribution in [0.15, 0.2) is 91.0 Å². The van der Waals surface area contributed by atoms with Crippen molar-refractivity contribution in [1.29, 1.82) is 0 Å². The molecule has 1 aliphatic heterocycles. The molecule has 0 aliphatic carbocycles. The molecule has 0 aromatic heterocycles. The van der Waals surface area contributed by atoms with Crippen molar-refractivity contribution >= 4 is 50.1 Å². The van der Waals surface area contributed by atoms with Gasteiger partial charge in [-0.05, 0) is 0 Å². The van der Waals surface area contributed by atoms with Crippen molar-refractivity contribution in [2.45, 2.75) is 69.5 Å². The quantitative estimate of drug-likeness (QED) is 0.358. The second-order valence-corrected chi connectivity index (χ2v) is 19.0. The summed E-state index contributed by atoms with van der Waals surface area (Å²) in [4.78, 5) is 28.2. The molecule has 0 radical (unpaired) electrons. The number of imide groups is 1. The van der Waals surface area contributed by atoms with Crippen molar-refractivity contribution in [3.8, 4) is 0 Å². The first-order valence-corrected chi connectivity index (χ1v) is 17.2. The number of likely N-dealkylation sites (tertiary alicyclic amines) is 1. The van der Waals surface area contributed by atoms with E-state index in [0.29, 0.717) is 6.42 Å². The molecule has 7 heteroatoms. The molecule has 3 aromatic carbocycles. The molecule has 3 aromatic rings. The summed E-state index contributed by atoms with van der Waals surface area (Å²) in [5.41, 5.74) is -0.705. The molecule has 2 amide bonds. The zero-order valence-electron chi connectivity index (χ0n) is 23.7. The molecular weight excluding hydrogens is 569 g/mol. The van der Waals surface area contributed by atoms with Gasteiger partial charge in [0, 0.05) is 0 Å². The Bertz CT molecular complexity index is 1220. The average Bonchev–Trinajstić information content (AvgIpc) is 3.19. The Balaban J connectivity index is 1.71. The van der Waals surface area contributed by atoms with Crippen molar-refractivity contribution in [1.82, 2.24) is 4.90 Å².